The third kappa shape index (κ3) is 5.51. The molecule has 150 valence electrons. The SMILES string of the molecule is C[C@@H]1O[C@H](O)[C@@H](I)[C@H](O[Si](C)(C)C(C)(C)C)[C@@H]1O[Si](C)(C)C(C)(C)C. The Hall–Kier alpha value is 1.00. The summed E-state index contributed by atoms with van der Waals surface area (Å²) in [6.45, 7) is 24.5. The van der Waals surface area contributed by atoms with E-state index >= 15 is 0 Å². The van der Waals surface area contributed by atoms with E-state index in [0.717, 1.165) is 0 Å². The molecule has 0 radical (unpaired) electrons. The van der Waals surface area contributed by atoms with Crippen molar-refractivity contribution < 1.29 is 18.7 Å². The molecule has 1 heterocycles. The fourth-order valence-electron chi connectivity index (χ4n) is 2.31. The van der Waals surface area contributed by atoms with Gasteiger partial charge in [0.25, 0.3) is 0 Å². The van der Waals surface area contributed by atoms with Crippen molar-refractivity contribution in [1.29, 1.82) is 0 Å². The minimum atomic E-state index is -1.99. The highest BCUT2D eigenvalue weighted by Crippen LogP contribution is 2.43. The quantitative estimate of drug-likeness (QED) is 0.322. The van der Waals surface area contributed by atoms with E-state index in [1.54, 1.807) is 0 Å². The van der Waals surface area contributed by atoms with E-state index in [9.17, 15) is 5.11 Å². The van der Waals surface area contributed by atoms with Crippen LogP contribution in [0.3, 0.4) is 0 Å². The lowest BCUT2D eigenvalue weighted by Gasteiger charge is -2.50. The lowest BCUT2D eigenvalue weighted by Crippen LogP contribution is -2.63. The molecule has 0 saturated carbocycles. The number of ether oxygens (including phenoxy) is 1. The number of hydrogen-bond donors (Lipinski definition) is 1. The van der Waals surface area contributed by atoms with Crippen LogP contribution in [0.1, 0.15) is 48.5 Å². The average Bonchev–Trinajstić information content (AvgIpc) is 2.37. The van der Waals surface area contributed by atoms with Gasteiger partial charge >= 0.3 is 0 Å². The summed E-state index contributed by atoms with van der Waals surface area (Å²) in [5.74, 6) is 0. The summed E-state index contributed by atoms with van der Waals surface area (Å²) < 4.78 is 19.1. The van der Waals surface area contributed by atoms with Gasteiger partial charge in [0.15, 0.2) is 22.9 Å². The smallest absolute Gasteiger partial charge is 0.192 e. The summed E-state index contributed by atoms with van der Waals surface area (Å²) in [6.07, 6.45) is -1.32. The maximum Gasteiger partial charge on any atom is 0.192 e. The van der Waals surface area contributed by atoms with Crippen LogP contribution in [0.25, 0.3) is 0 Å². The van der Waals surface area contributed by atoms with Crippen LogP contribution < -0.4 is 0 Å². The molecule has 1 aliphatic heterocycles. The lowest BCUT2D eigenvalue weighted by atomic mass is 10.0. The number of halogens is 1. The molecule has 1 aliphatic rings. The molecular formula is C18H39IO4Si2. The van der Waals surface area contributed by atoms with Crippen molar-refractivity contribution in [3.05, 3.63) is 0 Å². The van der Waals surface area contributed by atoms with Gasteiger partial charge in [-0.15, -0.1) is 0 Å². The summed E-state index contributed by atoms with van der Waals surface area (Å²) in [5.41, 5.74) is 0. The van der Waals surface area contributed by atoms with Gasteiger partial charge in [0.1, 0.15) is 0 Å². The first kappa shape index (κ1) is 24.0. The summed E-state index contributed by atoms with van der Waals surface area (Å²) in [5, 5.41) is 10.6. The zero-order valence-corrected chi connectivity index (χ0v) is 22.1. The van der Waals surface area contributed by atoms with Crippen LogP contribution in [0.15, 0.2) is 0 Å². The van der Waals surface area contributed by atoms with Gasteiger partial charge < -0.3 is 18.7 Å². The second-order valence-electron chi connectivity index (χ2n) is 10.4. The summed E-state index contributed by atoms with van der Waals surface area (Å²) in [7, 11) is -3.97. The summed E-state index contributed by atoms with van der Waals surface area (Å²) in [6, 6.07) is 0. The second-order valence-corrected chi connectivity index (χ2v) is 21.3. The van der Waals surface area contributed by atoms with Gasteiger partial charge in [-0.1, -0.05) is 64.1 Å². The Kier molecular flexibility index (Phi) is 7.49. The number of hydrogen-bond acceptors (Lipinski definition) is 4. The van der Waals surface area contributed by atoms with Gasteiger partial charge in [-0.05, 0) is 43.2 Å². The van der Waals surface area contributed by atoms with Crippen LogP contribution in [-0.2, 0) is 13.6 Å². The van der Waals surface area contributed by atoms with Gasteiger partial charge in [0, 0.05) is 0 Å². The molecule has 0 amide bonds. The molecule has 0 unspecified atom stereocenters. The van der Waals surface area contributed by atoms with Crippen molar-refractivity contribution in [2.75, 3.05) is 0 Å². The molecule has 0 aromatic rings. The number of aliphatic hydroxyl groups excluding tert-OH is 1. The first-order valence-electron chi connectivity index (χ1n) is 9.24. The third-order valence-corrected chi connectivity index (χ3v) is 16.5. The molecule has 1 N–H and O–H groups in total. The third-order valence-electron chi connectivity index (χ3n) is 6.20. The maximum atomic E-state index is 10.4. The molecule has 25 heavy (non-hydrogen) atoms. The molecule has 5 atom stereocenters. The van der Waals surface area contributed by atoms with E-state index in [1.807, 2.05) is 6.92 Å². The van der Waals surface area contributed by atoms with Crippen molar-refractivity contribution >= 4 is 39.2 Å². The summed E-state index contributed by atoms with van der Waals surface area (Å²) in [4.78, 5) is 0. The molecule has 0 aliphatic carbocycles. The summed E-state index contributed by atoms with van der Waals surface area (Å²) >= 11 is 2.27. The van der Waals surface area contributed by atoms with Gasteiger partial charge in [0.05, 0.1) is 22.2 Å². The zero-order valence-electron chi connectivity index (χ0n) is 17.9. The van der Waals surface area contributed by atoms with Crippen LogP contribution in [0.2, 0.25) is 36.3 Å². The molecule has 0 spiro atoms. The highest BCUT2D eigenvalue weighted by Gasteiger charge is 2.51. The van der Waals surface area contributed by atoms with Gasteiger partial charge in [0.2, 0.25) is 0 Å². The Morgan fingerprint density at radius 1 is 0.840 bits per heavy atom. The maximum absolute atomic E-state index is 10.4. The lowest BCUT2D eigenvalue weighted by molar-refractivity contribution is -0.212. The molecule has 0 aromatic carbocycles. The Morgan fingerprint density at radius 3 is 1.56 bits per heavy atom. The first-order chi connectivity index (χ1) is 10.9. The van der Waals surface area contributed by atoms with Crippen LogP contribution in [-0.4, -0.2) is 50.3 Å². The molecule has 7 heteroatoms. The molecule has 4 nitrogen and oxygen atoms in total. The predicted octanol–water partition coefficient (Wildman–Crippen LogP) is 5.31. The van der Waals surface area contributed by atoms with E-state index < -0.39 is 22.9 Å². The predicted molar refractivity (Wildman–Crippen MR) is 119 cm³/mol. The number of alkyl halides is 1. The topological polar surface area (TPSA) is 47.9 Å². The molecule has 0 aromatic heterocycles. The van der Waals surface area contributed by atoms with Crippen molar-refractivity contribution in [2.45, 2.75) is 113 Å². The normalized spacial score (nSPS) is 32.8. The fourth-order valence-corrected chi connectivity index (χ4v) is 5.99. The highest BCUT2D eigenvalue weighted by molar-refractivity contribution is 14.1. The molecule has 1 saturated heterocycles. The van der Waals surface area contributed by atoms with Gasteiger partial charge in [-0.25, -0.2) is 0 Å². The van der Waals surface area contributed by atoms with Crippen LogP contribution in [0.4, 0.5) is 0 Å². The number of rotatable bonds is 4. The average molecular weight is 503 g/mol. The highest BCUT2D eigenvalue weighted by atomic mass is 127. The van der Waals surface area contributed by atoms with E-state index in [-0.39, 0.29) is 32.3 Å². The fraction of sp³-hybridized carbons (Fsp3) is 1.00. The van der Waals surface area contributed by atoms with Crippen LogP contribution in [0.5, 0.6) is 0 Å². The number of aliphatic hydroxyl groups is 1. The van der Waals surface area contributed by atoms with E-state index in [4.69, 9.17) is 13.6 Å². The van der Waals surface area contributed by atoms with Gasteiger partial charge in [-0.3, -0.25) is 0 Å². The first-order valence-corrected chi connectivity index (χ1v) is 16.3. The van der Waals surface area contributed by atoms with E-state index in [2.05, 4.69) is 90.3 Å². The molecular weight excluding hydrogens is 463 g/mol. The van der Waals surface area contributed by atoms with Gasteiger partial charge in [-0.2, -0.15) is 0 Å². The van der Waals surface area contributed by atoms with Crippen LogP contribution in [0, 0.1) is 0 Å². The Balaban J connectivity index is 3.17. The minimum Gasteiger partial charge on any atom is -0.410 e. The monoisotopic (exact) mass is 502 g/mol. The standard InChI is InChI=1S/C18H39IO4Si2/c1-12-14(22-24(8,9)17(2,3)4)15(13(19)16(20)21-12)23-25(10,11)18(5,6)7/h12-16,20H,1-11H3/t12-,13-,14+,15-,16-/m0/s1. The van der Waals surface area contributed by atoms with Crippen molar-refractivity contribution in [2.24, 2.45) is 0 Å². The van der Waals surface area contributed by atoms with E-state index in [1.165, 1.54) is 0 Å². The van der Waals surface area contributed by atoms with Crippen LogP contribution >= 0.6 is 22.6 Å². The van der Waals surface area contributed by atoms with E-state index in [0.29, 0.717) is 0 Å². The Bertz CT molecular complexity index is 457. The minimum absolute atomic E-state index is 0.109. The second kappa shape index (κ2) is 7.79. The largest absolute Gasteiger partial charge is 0.410 e. The molecule has 1 fully saturated rings. The Morgan fingerprint density at radius 2 is 1.20 bits per heavy atom. The van der Waals surface area contributed by atoms with Crippen molar-refractivity contribution in [3.63, 3.8) is 0 Å². The zero-order chi connectivity index (χ0) is 20.0. The molecule has 0 bridgehead atoms. The Labute approximate surface area is 170 Å². The van der Waals surface area contributed by atoms with Crippen molar-refractivity contribution in [1.82, 2.24) is 0 Å². The molecule has 1 rings (SSSR count). The van der Waals surface area contributed by atoms with Crippen molar-refractivity contribution in [3.8, 4) is 0 Å².